The molecule has 0 bridgehead atoms. The molecule has 6 nitrogen and oxygen atoms in total. The molecular formula is C20H14F2N4O2. The van der Waals surface area contributed by atoms with E-state index in [2.05, 4.69) is 15.4 Å². The predicted molar refractivity (Wildman–Crippen MR) is 97.7 cm³/mol. The van der Waals surface area contributed by atoms with E-state index in [0.29, 0.717) is 16.8 Å². The molecule has 28 heavy (non-hydrogen) atoms. The molecule has 1 amide bonds. The van der Waals surface area contributed by atoms with Crippen LogP contribution in [0.1, 0.15) is 15.9 Å². The lowest BCUT2D eigenvalue weighted by atomic mass is 9.94. The van der Waals surface area contributed by atoms with Crippen molar-refractivity contribution in [3.05, 3.63) is 77.6 Å². The Morgan fingerprint density at radius 2 is 2.00 bits per heavy atom. The zero-order valence-electron chi connectivity index (χ0n) is 14.5. The van der Waals surface area contributed by atoms with Crippen LogP contribution >= 0.6 is 0 Å². The van der Waals surface area contributed by atoms with Crippen molar-refractivity contribution < 1.29 is 18.4 Å². The van der Waals surface area contributed by atoms with E-state index in [0.717, 1.165) is 12.1 Å². The summed E-state index contributed by atoms with van der Waals surface area (Å²) in [5, 5.41) is 6.68. The standard InChI is InChI=1S/C20H14F2N4O2/c21-13-5-6-18(16(22)7-13)26-11-12(9-25-26)8-24-20(28)15-10-23-17-4-2-1-3-14(17)19(15)27/h1-7,9-11,15H,8H2,(H,24,28). The summed E-state index contributed by atoms with van der Waals surface area (Å²) in [7, 11) is 0. The lowest BCUT2D eigenvalue weighted by Gasteiger charge is -2.16. The second-order valence-electron chi connectivity index (χ2n) is 6.24. The molecule has 1 atom stereocenters. The van der Waals surface area contributed by atoms with Gasteiger partial charge < -0.3 is 5.32 Å². The van der Waals surface area contributed by atoms with E-state index in [-0.39, 0.29) is 18.0 Å². The number of nitrogens with one attached hydrogen (secondary N) is 1. The molecule has 0 spiro atoms. The van der Waals surface area contributed by atoms with Gasteiger partial charge >= 0.3 is 0 Å². The first-order chi connectivity index (χ1) is 13.5. The number of carbonyl (C=O) groups excluding carboxylic acids is 2. The minimum atomic E-state index is -1.00. The average molecular weight is 380 g/mol. The number of para-hydroxylation sites is 1. The Morgan fingerprint density at radius 1 is 1.18 bits per heavy atom. The minimum absolute atomic E-state index is 0.0881. The highest BCUT2D eigenvalue weighted by atomic mass is 19.1. The Kier molecular flexibility index (Phi) is 4.52. The highest BCUT2D eigenvalue weighted by molar-refractivity contribution is 6.23. The molecule has 8 heteroatoms. The van der Waals surface area contributed by atoms with Crippen molar-refractivity contribution in [3.63, 3.8) is 0 Å². The van der Waals surface area contributed by atoms with Crippen LogP contribution < -0.4 is 5.32 Å². The van der Waals surface area contributed by atoms with Crippen LogP contribution in [0.4, 0.5) is 14.5 Å². The van der Waals surface area contributed by atoms with Crippen molar-refractivity contribution in [2.24, 2.45) is 10.9 Å². The number of halogens is 2. The van der Waals surface area contributed by atoms with E-state index in [1.54, 1.807) is 24.3 Å². The zero-order valence-corrected chi connectivity index (χ0v) is 14.5. The van der Waals surface area contributed by atoms with Crippen LogP contribution in [-0.2, 0) is 11.3 Å². The summed E-state index contributed by atoms with van der Waals surface area (Å²) in [6, 6.07) is 10.0. The van der Waals surface area contributed by atoms with Gasteiger partial charge in [0.1, 0.15) is 17.4 Å². The van der Waals surface area contributed by atoms with E-state index in [4.69, 9.17) is 0 Å². The lowest BCUT2D eigenvalue weighted by molar-refractivity contribution is -0.122. The molecule has 2 aromatic carbocycles. The van der Waals surface area contributed by atoms with Crippen LogP contribution in [-0.4, -0.2) is 27.7 Å². The number of aromatic nitrogens is 2. The summed E-state index contributed by atoms with van der Waals surface area (Å²) in [4.78, 5) is 29.1. The topological polar surface area (TPSA) is 76.3 Å². The Hall–Kier alpha value is -3.68. The van der Waals surface area contributed by atoms with Crippen molar-refractivity contribution in [2.75, 3.05) is 0 Å². The number of amides is 1. The second kappa shape index (κ2) is 7.15. The molecule has 1 aliphatic rings. The third kappa shape index (κ3) is 3.32. The summed E-state index contributed by atoms with van der Waals surface area (Å²) in [5.74, 6) is -3.22. The fourth-order valence-corrected chi connectivity index (χ4v) is 2.92. The molecule has 0 fully saturated rings. The maximum atomic E-state index is 13.8. The maximum Gasteiger partial charge on any atom is 0.236 e. The fraction of sp³-hybridized carbons (Fsp3) is 0.100. The molecule has 1 aromatic heterocycles. The number of hydrogen-bond donors (Lipinski definition) is 1. The van der Waals surface area contributed by atoms with Crippen molar-refractivity contribution in [1.29, 1.82) is 0 Å². The quantitative estimate of drug-likeness (QED) is 0.707. The van der Waals surface area contributed by atoms with Gasteiger partial charge in [0.25, 0.3) is 0 Å². The number of nitrogens with zero attached hydrogens (tertiary/aromatic N) is 3. The summed E-state index contributed by atoms with van der Waals surface area (Å²) >= 11 is 0. The van der Waals surface area contributed by atoms with E-state index < -0.39 is 23.5 Å². The van der Waals surface area contributed by atoms with Gasteiger partial charge in [0.2, 0.25) is 5.91 Å². The van der Waals surface area contributed by atoms with Crippen LogP contribution in [0.15, 0.2) is 59.9 Å². The monoisotopic (exact) mass is 380 g/mol. The summed E-state index contributed by atoms with van der Waals surface area (Å²) in [5.41, 5.74) is 1.63. The van der Waals surface area contributed by atoms with Gasteiger partial charge in [-0.05, 0) is 24.3 Å². The van der Waals surface area contributed by atoms with E-state index in [1.165, 1.54) is 29.4 Å². The Balaban J connectivity index is 1.44. The molecule has 0 aliphatic carbocycles. The largest absolute Gasteiger partial charge is 0.351 e. The molecule has 4 rings (SSSR count). The number of Topliss-reactive ketones (excluding diaryl/α,β-unsaturated/α-hetero) is 1. The van der Waals surface area contributed by atoms with Crippen LogP contribution in [0.3, 0.4) is 0 Å². The van der Waals surface area contributed by atoms with Gasteiger partial charge in [0.15, 0.2) is 11.6 Å². The normalized spacial score (nSPS) is 15.4. The van der Waals surface area contributed by atoms with Crippen molar-refractivity contribution in [2.45, 2.75) is 6.54 Å². The smallest absolute Gasteiger partial charge is 0.236 e. The summed E-state index contributed by atoms with van der Waals surface area (Å²) in [6.07, 6.45) is 4.30. The molecule has 1 unspecified atom stereocenters. The van der Waals surface area contributed by atoms with Crippen LogP contribution in [0, 0.1) is 17.6 Å². The molecule has 0 saturated heterocycles. The number of benzene rings is 2. The molecule has 0 saturated carbocycles. The summed E-state index contributed by atoms with van der Waals surface area (Å²) in [6.45, 7) is 0.0981. The van der Waals surface area contributed by atoms with Gasteiger partial charge in [0.05, 0.1) is 11.9 Å². The van der Waals surface area contributed by atoms with Gasteiger partial charge in [-0.1, -0.05) is 12.1 Å². The highest BCUT2D eigenvalue weighted by Gasteiger charge is 2.30. The third-order valence-corrected chi connectivity index (χ3v) is 4.36. The van der Waals surface area contributed by atoms with Gasteiger partial charge in [-0.3, -0.25) is 14.6 Å². The number of carbonyl (C=O) groups is 2. The third-order valence-electron chi connectivity index (χ3n) is 4.36. The van der Waals surface area contributed by atoms with Crippen LogP contribution in [0.5, 0.6) is 0 Å². The molecule has 2 heterocycles. The Morgan fingerprint density at radius 3 is 2.82 bits per heavy atom. The van der Waals surface area contributed by atoms with E-state index in [1.807, 2.05) is 0 Å². The van der Waals surface area contributed by atoms with Gasteiger partial charge in [-0.2, -0.15) is 5.10 Å². The fourth-order valence-electron chi connectivity index (χ4n) is 2.92. The Bertz CT molecular complexity index is 1110. The zero-order chi connectivity index (χ0) is 19.7. The number of hydrogen-bond acceptors (Lipinski definition) is 4. The highest BCUT2D eigenvalue weighted by Crippen LogP contribution is 2.25. The van der Waals surface area contributed by atoms with Gasteiger partial charge in [-0.25, -0.2) is 13.5 Å². The average Bonchev–Trinajstić information content (AvgIpc) is 3.15. The molecule has 1 aliphatic heterocycles. The van der Waals surface area contributed by atoms with Crippen molar-refractivity contribution in [3.8, 4) is 5.69 Å². The van der Waals surface area contributed by atoms with Crippen LogP contribution in [0.25, 0.3) is 5.69 Å². The number of fused-ring (bicyclic) bond motifs is 1. The number of aliphatic imine (C=N–C) groups is 1. The molecular weight excluding hydrogens is 366 g/mol. The SMILES string of the molecule is O=C(NCc1cnn(-c2ccc(F)cc2F)c1)C1C=Nc2ccccc2C1=O. The lowest BCUT2D eigenvalue weighted by Crippen LogP contribution is -2.37. The molecule has 3 aromatic rings. The summed E-state index contributed by atoms with van der Waals surface area (Å²) < 4.78 is 28.1. The van der Waals surface area contributed by atoms with Gasteiger partial charge in [0, 0.05) is 36.1 Å². The van der Waals surface area contributed by atoms with Gasteiger partial charge in [-0.15, -0.1) is 0 Å². The van der Waals surface area contributed by atoms with E-state index in [9.17, 15) is 18.4 Å². The number of ketones is 1. The molecule has 1 N–H and O–H groups in total. The molecule has 140 valence electrons. The maximum absolute atomic E-state index is 13.8. The first-order valence-corrected chi connectivity index (χ1v) is 8.47. The molecule has 0 radical (unpaired) electrons. The number of rotatable bonds is 4. The van der Waals surface area contributed by atoms with Crippen LogP contribution in [0.2, 0.25) is 0 Å². The van der Waals surface area contributed by atoms with E-state index >= 15 is 0 Å². The van der Waals surface area contributed by atoms with Crippen molar-refractivity contribution >= 4 is 23.6 Å². The second-order valence-corrected chi connectivity index (χ2v) is 6.24. The first kappa shape index (κ1) is 17.7. The first-order valence-electron chi connectivity index (χ1n) is 8.47. The minimum Gasteiger partial charge on any atom is -0.351 e. The Labute approximate surface area is 158 Å². The van der Waals surface area contributed by atoms with Crippen molar-refractivity contribution in [1.82, 2.24) is 15.1 Å². The predicted octanol–water partition coefficient (Wildman–Crippen LogP) is 2.98.